The van der Waals surface area contributed by atoms with Crippen LogP contribution in [-0.4, -0.2) is 30.0 Å². The maximum atomic E-state index is 12.6. The van der Waals surface area contributed by atoms with Gasteiger partial charge in [-0.15, -0.1) is 0 Å². The zero-order valence-electron chi connectivity index (χ0n) is 8.87. The van der Waals surface area contributed by atoms with Gasteiger partial charge in [-0.3, -0.25) is 0 Å². The van der Waals surface area contributed by atoms with E-state index in [2.05, 4.69) is 4.74 Å². The summed E-state index contributed by atoms with van der Waals surface area (Å²) >= 11 is 0. The Morgan fingerprint density at radius 1 is 1.44 bits per heavy atom. The molecule has 0 aliphatic carbocycles. The van der Waals surface area contributed by atoms with Gasteiger partial charge in [0.15, 0.2) is 12.4 Å². The molecular weight excluding hydrogens is 258 g/mol. The Balaban J connectivity index is 2.95. The monoisotopic (exact) mass is 267 g/mol. The predicted octanol–water partition coefficient (Wildman–Crippen LogP) is 2.25. The number of rotatable bonds is 5. The first-order chi connectivity index (χ1) is 8.25. The smallest absolute Gasteiger partial charge is 0.340 e. The minimum atomic E-state index is -4.38. The zero-order valence-corrected chi connectivity index (χ0v) is 8.87. The summed E-state index contributed by atoms with van der Waals surface area (Å²) in [5, 5.41) is 8.76. The fourth-order valence-electron chi connectivity index (χ4n) is 1.12. The Kier molecular flexibility index (Phi) is 4.00. The van der Waals surface area contributed by atoms with Gasteiger partial charge in [-0.05, 0) is 12.1 Å². The minimum absolute atomic E-state index is 0.222. The number of aromatic carboxylic acids is 1. The number of carboxylic acids is 1. The molecule has 0 bridgehead atoms. The van der Waals surface area contributed by atoms with Crippen LogP contribution in [0.15, 0.2) is 18.2 Å². The van der Waals surface area contributed by atoms with Crippen LogP contribution in [0.3, 0.4) is 0 Å². The van der Waals surface area contributed by atoms with Crippen molar-refractivity contribution in [2.75, 3.05) is 12.3 Å². The summed E-state index contributed by atoms with van der Waals surface area (Å²) in [6, 6.07) is 3.55. The number of carbonyl (C=O) groups is 1. The van der Waals surface area contributed by atoms with Gasteiger partial charge in [-0.1, -0.05) is 6.07 Å². The number of halogens is 4. The normalized spacial score (nSPS) is 11.6. The fraction of sp³-hybridized carbons (Fsp3) is 0.300. The molecule has 0 heterocycles. The van der Waals surface area contributed by atoms with E-state index >= 15 is 0 Å². The van der Waals surface area contributed by atoms with Crippen LogP contribution in [0.1, 0.15) is 10.4 Å². The van der Waals surface area contributed by atoms with Crippen molar-refractivity contribution in [3.8, 4) is 5.75 Å². The third-order valence-electron chi connectivity index (χ3n) is 2.00. The Bertz CT molecular complexity index is 451. The maximum Gasteiger partial charge on any atom is 0.340 e. The van der Waals surface area contributed by atoms with Crippen LogP contribution >= 0.6 is 0 Å². The SMILES string of the molecule is Nc1cccc(C(=O)O)c1OCC(F)(F)C(F)F. The topological polar surface area (TPSA) is 72.6 Å². The fourth-order valence-corrected chi connectivity index (χ4v) is 1.12. The third-order valence-corrected chi connectivity index (χ3v) is 2.00. The quantitative estimate of drug-likeness (QED) is 0.634. The molecule has 0 amide bonds. The highest BCUT2D eigenvalue weighted by atomic mass is 19.3. The predicted molar refractivity (Wildman–Crippen MR) is 54.3 cm³/mol. The van der Waals surface area contributed by atoms with Crippen molar-refractivity contribution >= 4 is 11.7 Å². The molecule has 0 aliphatic heterocycles. The number of hydrogen-bond donors (Lipinski definition) is 2. The highest BCUT2D eigenvalue weighted by Crippen LogP contribution is 2.30. The summed E-state index contributed by atoms with van der Waals surface area (Å²) in [6.45, 7) is -1.65. The van der Waals surface area contributed by atoms with E-state index < -0.39 is 36.2 Å². The standard InChI is InChI=1S/C10H9F4NO3/c11-9(12)10(13,14)4-18-7-5(8(16)17)2-1-3-6(7)15/h1-3,9H,4,15H2,(H,16,17). The number of nitrogens with two attached hydrogens (primary N) is 1. The lowest BCUT2D eigenvalue weighted by Gasteiger charge is -2.17. The van der Waals surface area contributed by atoms with Crippen LogP contribution in [0.5, 0.6) is 5.75 Å². The Morgan fingerprint density at radius 3 is 2.56 bits per heavy atom. The van der Waals surface area contributed by atoms with Gasteiger partial charge in [0, 0.05) is 0 Å². The molecular formula is C10H9F4NO3. The van der Waals surface area contributed by atoms with Crippen LogP contribution in [0.2, 0.25) is 0 Å². The molecule has 3 N–H and O–H groups in total. The lowest BCUT2D eigenvalue weighted by atomic mass is 10.2. The molecule has 0 spiro atoms. The zero-order chi connectivity index (χ0) is 13.9. The van der Waals surface area contributed by atoms with Gasteiger partial charge in [0.2, 0.25) is 0 Å². The molecule has 100 valence electrons. The van der Waals surface area contributed by atoms with Crippen LogP contribution in [0.4, 0.5) is 23.2 Å². The molecule has 0 aromatic heterocycles. The number of anilines is 1. The number of carboxylic acid groups (broad SMARTS) is 1. The van der Waals surface area contributed by atoms with E-state index in [9.17, 15) is 22.4 Å². The molecule has 0 unspecified atom stereocenters. The second-order valence-electron chi connectivity index (χ2n) is 3.38. The van der Waals surface area contributed by atoms with Crippen molar-refractivity contribution < 1.29 is 32.2 Å². The molecule has 18 heavy (non-hydrogen) atoms. The lowest BCUT2D eigenvalue weighted by molar-refractivity contribution is -0.148. The maximum absolute atomic E-state index is 12.6. The minimum Gasteiger partial charge on any atom is -0.484 e. The molecule has 0 aliphatic rings. The summed E-state index contributed by atoms with van der Waals surface area (Å²) in [7, 11) is 0. The summed E-state index contributed by atoms with van der Waals surface area (Å²) in [6.07, 6.45) is -3.91. The highest BCUT2D eigenvalue weighted by Gasteiger charge is 2.42. The van der Waals surface area contributed by atoms with E-state index in [1.54, 1.807) is 0 Å². The van der Waals surface area contributed by atoms with E-state index in [0.717, 1.165) is 6.07 Å². The summed E-state index contributed by atoms with van der Waals surface area (Å²) < 4.78 is 53.5. The van der Waals surface area contributed by atoms with E-state index in [1.165, 1.54) is 12.1 Å². The number of ether oxygens (including phenoxy) is 1. The van der Waals surface area contributed by atoms with Gasteiger partial charge < -0.3 is 15.6 Å². The molecule has 0 fully saturated rings. The second kappa shape index (κ2) is 5.11. The number of hydrogen-bond acceptors (Lipinski definition) is 3. The lowest BCUT2D eigenvalue weighted by Crippen LogP contribution is -2.34. The van der Waals surface area contributed by atoms with Crippen LogP contribution in [0, 0.1) is 0 Å². The Hall–Kier alpha value is -1.99. The van der Waals surface area contributed by atoms with E-state index in [-0.39, 0.29) is 5.69 Å². The van der Waals surface area contributed by atoms with Gasteiger partial charge in [-0.25, -0.2) is 13.6 Å². The highest BCUT2D eigenvalue weighted by molar-refractivity contribution is 5.93. The molecule has 0 saturated carbocycles. The molecule has 0 atom stereocenters. The van der Waals surface area contributed by atoms with Crippen molar-refractivity contribution in [1.29, 1.82) is 0 Å². The van der Waals surface area contributed by atoms with Crippen LogP contribution in [0.25, 0.3) is 0 Å². The number of nitrogen functional groups attached to an aromatic ring is 1. The first-order valence-electron chi connectivity index (χ1n) is 4.66. The average molecular weight is 267 g/mol. The van der Waals surface area contributed by atoms with Crippen molar-refractivity contribution in [3.63, 3.8) is 0 Å². The van der Waals surface area contributed by atoms with Crippen LogP contribution in [-0.2, 0) is 0 Å². The largest absolute Gasteiger partial charge is 0.484 e. The number of para-hydroxylation sites is 1. The Morgan fingerprint density at radius 2 is 2.06 bits per heavy atom. The first-order valence-corrected chi connectivity index (χ1v) is 4.66. The number of alkyl halides is 4. The molecule has 1 aromatic carbocycles. The third kappa shape index (κ3) is 3.02. The van der Waals surface area contributed by atoms with E-state index in [1.807, 2.05) is 0 Å². The van der Waals surface area contributed by atoms with Gasteiger partial charge in [-0.2, -0.15) is 8.78 Å². The summed E-state index contributed by atoms with van der Waals surface area (Å²) in [5.74, 6) is -6.39. The Labute approximate surface area is 99.0 Å². The van der Waals surface area contributed by atoms with E-state index in [0.29, 0.717) is 0 Å². The van der Waals surface area contributed by atoms with Crippen molar-refractivity contribution in [3.05, 3.63) is 23.8 Å². The summed E-state index contributed by atoms with van der Waals surface area (Å²) in [4.78, 5) is 10.8. The summed E-state index contributed by atoms with van der Waals surface area (Å²) in [5.41, 5.74) is 4.65. The molecule has 0 saturated heterocycles. The molecule has 1 rings (SSSR count). The molecule has 8 heteroatoms. The van der Waals surface area contributed by atoms with Crippen molar-refractivity contribution in [2.45, 2.75) is 12.3 Å². The van der Waals surface area contributed by atoms with Gasteiger partial charge in [0.1, 0.15) is 5.56 Å². The molecule has 0 radical (unpaired) electrons. The number of benzene rings is 1. The average Bonchev–Trinajstić information content (AvgIpc) is 2.26. The van der Waals surface area contributed by atoms with E-state index in [4.69, 9.17) is 10.8 Å². The van der Waals surface area contributed by atoms with Crippen LogP contribution < -0.4 is 10.5 Å². The second-order valence-corrected chi connectivity index (χ2v) is 3.38. The van der Waals surface area contributed by atoms with Crippen molar-refractivity contribution in [1.82, 2.24) is 0 Å². The van der Waals surface area contributed by atoms with Gasteiger partial charge in [0.25, 0.3) is 0 Å². The van der Waals surface area contributed by atoms with Crippen molar-refractivity contribution in [2.24, 2.45) is 0 Å². The molecule has 4 nitrogen and oxygen atoms in total. The van der Waals surface area contributed by atoms with Gasteiger partial charge in [0.05, 0.1) is 5.69 Å². The first kappa shape index (κ1) is 14.1. The van der Waals surface area contributed by atoms with Gasteiger partial charge >= 0.3 is 18.3 Å². The molecule has 1 aromatic rings.